The Hall–Kier alpha value is -0.330. The van der Waals surface area contributed by atoms with Crippen LogP contribution in [0.5, 0.6) is 0 Å². The van der Waals surface area contributed by atoms with Crippen molar-refractivity contribution in [2.45, 2.75) is 30.2 Å². The number of sulfonamides is 1. The van der Waals surface area contributed by atoms with Crippen molar-refractivity contribution in [1.29, 1.82) is 0 Å². The molecule has 0 aliphatic heterocycles. The van der Waals surface area contributed by atoms with Gasteiger partial charge in [-0.25, -0.2) is 8.42 Å². The van der Waals surface area contributed by atoms with E-state index in [-0.39, 0.29) is 34.1 Å². The molecule has 1 aromatic carbocycles. The van der Waals surface area contributed by atoms with E-state index in [1.165, 1.54) is 16.4 Å². The molecule has 0 amide bonds. The number of rotatable bonds is 5. The van der Waals surface area contributed by atoms with Crippen LogP contribution < -0.4 is 0 Å². The molecule has 1 aromatic rings. The first kappa shape index (κ1) is 15.1. The number of nitrogens with zero attached hydrogens (tertiary/aromatic N) is 1. The lowest BCUT2D eigenvalue weighted by atomic mass is 9.93. The van der Waals surface area contributed by atoms with Gasteiger partial charge in [0.05, 0.1) is 16.7 Å². The standard InChI is InChI=1S/C12H15Cl2NO3S/c13-10-5-2-6-11(14)12(10)19(17,18)15(7-8-16)9-3-1-4-9/h2,5-6,9,16H,1,3-4,7-8H2. The number of benzene rings is 1. The lowest BCUT2D eigenvalue weighted by Gasteiger charge is -2.36. The van der Waals surface area contributed by atoms with Gasteiger partial charge in [0.1, 0.15) is 4.90 Å². The Kier molecular flexibility index (Phi) is 4.74. The Morgan fingerprint density at radius 3 is 2.26 bits per heavy atom. The highest BCUT2D eigenvalue weighted by molar-refractivity contribution is 7.89. The van der Waals surface area contributed by atoms with E-state index in [4.69, 9.17) is 28.3 Å². The number of aliphatic hydroxyl groups excluding tert-OH is 1. The molecule has 19 heavy (non-hydrogen) atoms. The lowest BCUT2D eigenvalue weighted by molar-refractivity contribution is 0.178. The maximum atomic E-state index is 12.6. The first-order chi connectivity index (χ1) is 8.98. The highest BCUT2D eigenvalue weighted by Crippen LogP contribution is 2.35. The average Bonchev–Trinajstić information content (AvgIpc) is 2.25. The van der Waals surface area contributed by atoms with Crippen LogP contribution in [0, 0.1) is 0 Å². The summed E-state index contributed by atoms with van der Waals surface area (Å²) in [6, 6.07) is 4.53. The summed E-state index contributed by atoms with van der Waals surface area (Å²) in [6.07, 6.45) is 2.61. The Labute approximate surface area is 123 Å². The molecule has 106 valence electrons. The molecule has 0 heterocycles. The molecule has 1 saturated carbocycles. The number of aliphatic hydroxyl groups is 1. The summed E-state index contributed by atoms with van der Waals surface area (Å²) in [5.74, 6) is 0. The molecule has 0 bridgehead atoms. The number of hydrogen-bond donors (Lipinski definition) is 1. The van der Waals surface area contributed by atoms with Crippen molar-refractivity contribution in [2.75, 3.05) is 13.2 Å². The molecular weight excluding hydrogens is 309 g/mol. The summed E-state index contributed by atoms with van der Waals surface area (Å²) < 4.78 is 26.6. The van der Waals surface area contributed by atoms with E-state index in [1.807, 2.05) is 0 Å². The zero-order valence-electron chi connectivity index (χ0n) is 10.2. The van der Waals surface area contributed by atoms with Gasteiger partial charge in [-0.3, -0.25) is 0 Å². The topological polar surface area (TPSA) is 57.6 Å². The fourth-order valence-corrected chi connectivity index (χ4v) is 4.89. The molecule has 0 unspecified atom stereocenters. The summed E-state index contributed by atoms with van der Waals surface area (Å²) >= 11 is 11.9. The van der Waals surface area contributed by atoms with Crippen LogP contribution in [0.15, 0.2) is 23.1 Å². The van der Waals surface area contributed by atoms with Gasteiger partial charge in [0.15, 0.2) is 0 Å². The molecule has 1 aliphatic carbocycles. The SMILES string of the molecule is O=S(=O)(c1c(Cl)cccc1Cl)N(CCO)C1CCC1. The predicted molar refractivity (Wildman–Crippen MR) is 75.1 cm³/mol. The molecule has 0 saturated heterocycles. The first-order valence-electron chi connectivity index (χ1n) is 6.05. The van der Waals surface area contributed by atoms with Gasteiger partial charge >= 0.3 is 0 Å². The Balaban J connectivity index is 2.44. The summed E-state index contributed by atoms with van der Waals surface area (Å²) in [6.45, 7) is -0.160. The van der Waals surface area contributed by atoms with Crippen LogP contribution in [0.3, 0.4) is 0 Å². The molecule has 0 atom stereocenters. The third-order valence-electron chi connectivity index (χ3n) is 3.29. The highest BCUT2D eigenvalue weighted by atomic mass is 35.5. The second kappa shape index (κ2) is 5.97. The minimum atomic E-state index is -3.78. The fraction of sp³-hybridized carbons (Fsp3) is 0.500. The molecular formula is C12H15Cl2NO3S. The second-order valence-electron chi connectivity index (χ2n) is 4.47. The van der Waals surface area contributed by atoms with Crippen LogP contribution in [0.1, 0.15) is 19.3 Å². The Morgan fingerprint density at radius 1 is 1.26 bits per heavy atom. The van der Waals surface area contributed by atoms with Crippen LogP contribution in [-0.4, -0.2) is 37.0 Å². The van der Waals surface area contributed by atoms with Crippen molar-refractivity contribution < 1.29 is 13.5 Å². The van der Waals surface area contributed by atoms with Crippen LogP contribution in [0.2, 0.25) is 10.0 Å². The van der Waals surface area contributed by atoms with E-state index in [0.717, 1.165) is 19.3 Å². The average molecular weight is 324 g/mol. The first-order valence-corrected chi connectivity index (χ1v) is 8.25. The molecule has 4 nitrogen and oxygen atoms in total. The molecule has 0 spiro atoms. The Morgan fingerprint density at radius 2 is 1.84 bits per heavy atom. The van der Waals surface area contributed by atoms with Gasteiger partial charge in [-0.05, 0) is 25.0 Å². The van der Waals surface area contributed by atoms with Gasteiger partial charge in [-0.1, -0.05) is 35.7 Å². The summed E-state index contributed by atoms with van der Waals surface area (Å²) in [4.78, 5) is -0.0707. The zero-order chi connectivity index (χ0) is 14.0. The molecule has 2 rings (SSSR count). The van der Waals surface area contributed by atoms with E-state index in [9.17, 15) is 8.42 Å². The quantitative estimate of drug-likeness (QED) is 0.905. The minimum absolute atomic E-state index is 0.0640. The molecule has 0 aromatic heterocycles. The van der Waals surface area contributed by atoms with E-state index >= 15 is 0 Å². The smallest absolute Gasteiger partial charge is 0.246 e. The summed E-state index contributed by atoms with van der Waals surface area (Å²) in [7, 11) is -3.78. The highest BCUT2D eigenvalue weighted by Gasteiger charge is 2.36. The van der Waals surface area contributed by atoms with E-state index in [2.05, 4.69) is 0 Å². The third kappa shape index (κ3) is 2.90. The van der Waals surface area contributed by atoms with Crippen molar-refractivity contribution in [3.63, 3.8) is 0 Å². The van der Waals surface area contributed by atoms with E-state index < -0.39 is 10.0 Å². The lowest BCUT2D eigenvalue weighted by Crippen LogP contribution is -2.45. The zero-order valence-corrected chi connectivity index (χ0v) is 12.5. The van der Waals surface area contributed by atoms with E-state index in [1.54, 1.807) is 6.07 Å². The Bertz CT molecular complexity index is 538. The van der Waals surface area contributed by atoms with Gasteiger partial charge in [0.25, 0.3) is 0 Å². The van der Waals surface area contributed by atoms with Crippen molar-refractivity contribution in [2.24, 2.45) is 0 Å². The minimum Gasteiger partial charge on any atom is -0.395 e. The molecule has 0 radical (unpaired) electrons. The van der Waals surface area contributed by atoms with Crippen LogP contribution >= 0.6 is 23.2 Å². The second-order valence-corrected chi connectivity index (χ2v) is 7.12. The fourth-order valence-electron chi connectivity index (χ4n) is 2.12. The van der Waals surface area contributed by atoms with Crippen molar-refractivity contribution in [3.05, 3.63) is 28.2 Å². The molecule has 7 heteroatoms. The van der Waals surface area contributed by atoms with Gasteiger partial charge < -0.3 is 5.11 Å². The van der Waals surface area contributed by atoms with Crippen LogP contribution in [0.4, 0.5) is 0 Å². The number of hydrogen-bond acceptors (Lipinski definition) is 3. The predicted octanol–water partition coefficient (Wildman–Crippen LogP) is 2.53. The normalized spacial score (nSPS) is 16.6. The molecule has 1 N–H and O–H groups in total. The van der Waals surface area contributed by atoms with Crippen molar-refractivity contribution >= 4 is 33.2 Å². The van der Waals surface area contributed by atoms with E-state index in [0.29, 0.717) is 0 Å². The molecule has 1 fully saturated rings. The van der Waals surface area contributed by atoms with Gasteiger partial charge in [-0.2, -0.15) is 4.31 Å². The maximum Gasteiger partial charge on any atom is 0.246 e. The van der Waals surface area contributed by atoms with Crippen LogP contribution in [-0.2, 0) is 10.0 Å². The van der Waals surface area contributed by atoms with Gasteiger partial charge in [0, 0.05) is 12.6 Å². The monoisotopic (exact) mass is 323 g/mol. The van der Waals surface area contributed by atoms with Crippen molar-refractivity contribution in [3.8, 4) is 0 Å². The maximum absolute atomic E-state index is 12.6. The molecule has 1 aliphatic rings. The largest absolute Gasteiger partial charge is 0.395 e. The third-order valence-corrected chi connectivity index (χ3v) is 6.20. The summed E-state index contributed by atoms with van der Waals surface area (Å²) in [5.41, 5.74) is 0. The van der Waals surface area contributed by atoms with Gasteiger partial charge in [0.2, 0.25) is 10.0 Å². The van der Waals surface area contributed by atoms with Crippen molar-refractivity contribution in [1.82, 2.24) is 4.31 Å². The van der Waals surface area contributed by atoms with Gasteiger partial charge in [-0.15, -0.1) is 0 Å². The summed E-state index contributed by atoms with van der Waals surface area (Å²) in [5, 5.41) is 9.29. The number of halogens is 2. The van der Waals surface area contributed by atoms with Crippen LogP contribution in [0.25, 0.3) is 0 Å².